The van der Waals surface area contributed by atoms with E-state index in [1.165, 1.54) is 42.6 Å². The Labute approximate surface area is 241 Å². The number of aromatic nitrogens is 6. The van der Waals surface area contributed by atoms with E-state index in [9.17, 15) is 4.79 Å². The van der Waals surface area contributed by atoms with Crippen LogP contribution in [-0.4, -0.2) is 42.0 Å². The lowest BCUT2D eigenvalue weighted by molar-refractivity contribution is 0.102. The minimum absolute atomic E-state index is 0.0564. The van der Waals surface area contributed by atoms with E-state index in [0.717, 1.165) is 73.1 Å². The van der Waals surface area contributed by atoms with E-state index in [0.29, 0.717) is 5.82 Å². The van der Waals surface area contributed by atoms with Gasteiger partial charge in [0.2, 0.25) is 0 Å². The predicted molar refractivity (Wildman–Crippen MR) is 164 cm³/mol. The van der Waals surface area contributed by atoms with E-state index in [4.69, 9.17) is 10.1 Å². The van der Waals surface area contributed by atoms with E-state index in [2.05, 4.69) is 44.5 Å². The van der Waals surface area contributed by atoms with Crippen molar-refractivity contribution in [2.75, 3.05) is 6.54 Å². The summed E-state index contributed by atoms with van der Waals surface area (Å²) in [5.74, 6) is 1.55. The Balaban J connectivity index is 1.22. The molecule has 0 radical (unpaired) electrons. The highest BCUT2D eigenvalue weighted by molar-refractivity contribution is 7.17. The summed E-state index contributed by atoms with van der Waals surface area (Å²) in [6.07, 6.45) is 12.9. The number of nitrogens with zero attached hydrogens (tertiary/aromatic N) is 5. The number of hydrogen-bond donors (Lipinski definition) is 2. The first-order chi connectivity index (χ1) is 20.0. The summed E-state index contributed by atoms with van der Waals surface area (Å²) in [6.45, 7) is 3.49. The van der Waals surface area contributed by atoms with Crippen LogP contribution in [0.15, 0.2) is 61.2 Å². The molecule has 1 fully saturated rings. The highest BCUT2D eigenvalue weighted by Gasteiger charge is 2.19. The number of pyridine rings is 2. The standard InChI is InChI=1S/C32H31N7OS/c1-19(40)28-9-10-29(41-28)25-17-35-18-26-30(25)37-32(36-26)31-24-12-22(7-8-27(24)39(2)38-31)23-11-21(15-34-16-23)14-33-13-20-5-3-4-6-20/h7-12,15-18,20,33H,3-6,13-14H2,1-2H3,(H,36,37). The van der Waals surface area contributed by atoms with E-state index < -0.39 is 0 Å². The Morgan fingerprint density at radius 1 is 1.05 bits per heavy atom. The maximum absolute atomic E-state index is 11.9. The van der Waals surface area contributed by atoms with Crippen LogP contribution >= 0.6 is 11.3 Å². The summed E-state index contributed by atoms with van der Waals surface area (Å²) in [6, 6.07) is 12.5. The maximum Gasteiger partial charge on any atom is 0.169 e. The van der Waals surface area contributed by atoms with Gasteiger partial charge in [-0.05, 0) is 73.7 Å². The third-order valence-corrected chi connectivity index (χ3v) is 9.27. The number of aromatic amines is 1. The van der Waals surface area contributed by atoms with Crippen LogP contribution in [0.2, 0.25) is 0 Å². The van der Waals surface area contributed by atoms with Crippen LogP contribution in [0.1, 0.15) is 47.8 Å². The maximum atomic E-state index is 11.9. The second-order valence-electron chi connectivity index (χ2n) is 11.0. The quantitative estimate of drug-likeness (QED) is 0.199. The highest BCUT2D eigenvalue weighted by Crippen LogP contribution is 2.35. The van der Waals surface area contributed by atoms with E-state index in [1.807, 2.05) is 36.3 Å². The van der Waals surface area contributed by atoms with Gasteiger partial charge in [0.05, 0.1) is 22.1 Å². The van der Waals surface area contributed by atoms with Gasteiger partial charge in [0, 0.05) is 53.6 Å². The number of thiophene rings is 1. The Morgan fingerprint density at radius 3 is 2.73 bits per heavy atom. The van der Waals surface area contributed by atoms with Crippen molar-refractivity contribution in [1.29, 1.82) is 0 Å². The SMILES string of the molecule is CC(=O)c1ccc(-c2cncc3[nH]c(-c4nn(C)c5ccc(-c6cncc(CNCC7CCCC7)c6)cc45)nc23)s1. The normalized spacial score (nSPS) is 14.0. The van der Waals surface area contributed by atoms with Gasteiger partial charge < -0.3 is 10.3 Å². The number of hydrogen-bond acceptors (Lipinski definition) is 7. The van der Waals surface area contributed by atoms with E-state index in [1.54, 1.807) is 19.3 Å². The van der Waals surface area contributed by atoms with E-state index in [-0.39, 0.29) is 5.78 Å². The molecule has 5 aromatic heterocycles. The van der Waals surface area contributed by atoms with Gasteiger partial charge in [0.25, 0.3) is 0 Å². The molecule has 0 atom stereocenters. The Morgan fingerprint density at radius 2 is 1.90 bits per heavy atom. The number of H-pyrrole nitrogens is 1. The van der Waals surface area contributed by atoms with Crippen molar-refractivity contribution in [2.45, 2.75) is 39.2 Å². The Kier molecular flexibility index (Phi) is 6.68. The van der Waals surface area contributed by atoms with Crippen molar-refractivity contribution >= 4 is 39.1 Å². The molecule has 1 aliphatic rings. The summed E-state index contributed by atoms with van der Waals surface area (Å²) in [5.41, 5.74) is 7.69. The molecule has 41 heavy (non-hydrogen) atoms. The number of nitrogens with one attached hydrogen (secondary N) is 2. The number of ketones is 1. The molecule has 8 nitrogen and oxygen atoms in total. The molecular formula is C32H31N7OS. The van der Waals surface area contributed by atoms with Crippen LogP contribution < -0.4 is 5.32 Å². The lowest BCUT2D eigenvalue weighted by Crippen LogP contribution is -2.20. The molecule has 0 aliphatic heterocycles. The summed E-state index contributed by atoms with van der Waals surface area (Å²) >= 11 is 1.46. The molecular weight excluding hydrogens is 530 g/mol. The average Bonchev–Trinajstić information content (AvgIpc) is 3.79. The van der Waals surface area contributed by atoms with Gasteiger partial charge >= 0.3 is 0 Å². The summed E-state index contributed by atoms with van der Waals surface area (Å²) in [4.78, 5) is 31.0. The van der Waals surface area contributed by atoms with Crippen LogP contribution in [0.5, 0.6) is 0 Å². The van der Waals surface area contributed by atoms with Crippen molar-refractivity contribution < 1.29 is 4.79 Å². The lowest BCUT2D eigenvalue weighted by atomic mass is 10.0. The molecule has 1 aliphatic carbocycles. The number of fused-ring (bicyclic) bond motifs is 2. The van der Waals surface area contributed by atoms with Gasteiger partial charge in [-0.1, -0.05) is 18.9 Å². The fourth-order valence-electron chi connectivity index (χ4n) is 5.89. The average molecular weight is 562 g/mol. The molecule has 2 N–H and O–H groups in total. The number of Topliss-reactive ketones (excluding diaryl/α,β-unsaturated/α-hetero) is 1. The van der Waals surface area contributed by atoms with Gasteiger partial charge in [0.15, 0.2) is 11.6 Å². The van der Waals surface area contributed by atoms with Crippen molar-refractivity contribution in [2.24, 2.45) is 13.0 Å². The second-order valence-corrected chi connectivity index (χ2v) is 12.0. The first-order valence-corrected chi connectivity index (χ1v) is 14.9. The van der Waals surface area contributed by atoms with Gasteiger partial charge in [-0.3, -0.25) is 19.4 Å². The first kappa shape index (κ1) is 25.7. The van der Waals surface area contributed by atoms with Crippen molar-refractivity contribution in [3.63, 3.8) is 0 Å². The molecule has 0 bridgehead atoms. The third kappa shape index (κ3) is 4.96. The molecule has 7 rings (SSSR count). The molecule has 0 unspecified atom stereocenters. The molecule has 1 aromatic carbocycles. The molecule has 206 valence electrons. The van der Waals surface area contributed by atoms with Gasteiger partial charge in [-0.15, -0.1) is 11.3 Å². The zero-order valence-electron chi connectivity index (χ0n) is 23.1. The first-order valence-electron chi connectivity index (χ1n) is 14.1. The summed E-state index contributed by atoms with van der Waals surface area (Å²) < 4.78 is 1.89. The zero-order chi connectivity index (χ0) is 27.9. The smallest absolute Gasteiger partial charge is 0.169 e. The van der Waals surface area contributed by atoms with Crippen LogP contribution in [0.25, 0.3) is 55.0 Å². The van der Waals surface area contributed by atoms with Crippen molar-refractivity contribution in [3.05, 3.63) is 71.6 Å². The van der Waals surface area contributed by atoms with Gasteiger partial charge in [-0.2, -0.15) is 5.10 Å². The van der Waals surface area contributed by atoms with Crippen LogP contribution in [0.3, 0.4) is 0 Å². The number of imidazole rings is 1. The minimum atomic E-state index is 0.0564. The van der Waals surface area contributed by atoms with Crippen molar-refractivity contribution in [1.82, 2.24) is 35.0 Å². The number of rotatable bonds is 8. The topological polar surface area (TPSA) is 101 Å². The number of carbonyl (C=O) groups excluding carboxylic acids is 1. The van der Waals surface area contributed by atoms with Crippen LogP contribution in [0, 0.1) is 5.92 Å². The fraction of sp³-hybridized carbons (Fsp3) is 0.281. The van der Waals surface area contributed by atoms with Crippen molar-refractivity contribution in [3.8, 4) is 33.1 Å². The minimum Gasteiger partial charge on any atom is -0.335 e. The van der Waals surface area contributed by atoms with Gasteiger partial charge in [0.1, 0.15) is 11.2 Å². The Bertz CT molecular complexity index is 1890. The predicted octanol–water partition coefficient (Wildman–Crippen LogP) is 6.78. The van der Waals surface area contributed by atoms with Crippen LogP contribution in [-0.2, 0) is 13.6 Å². The molecule has 9 heteroatoms. The van der Waals surface area contributed by atoms with E-state index >= 15 is 0 Å². The fourth-order valence-corrected chi connectivity index (χ4v) is 6.81. The highest BCUT2D eigenvalue weighted by atomic mass is 32.1. The molecule has 5 heterocycles. The summed E-state index contributed by atoms with van der Waals surface area (Å²) in [7, 11) is 1.95. The molecule has 0 amide bonds. The number of benzene rings is 1. The second kappa shape index (κ2) is 10.6. The lowest BCUT2D eigenvalue weighted by Gasteiger charge is -2.11. The largest absolute Gasteiger partial charge is 0.335 e. The number of aryl methyl sites for hydroxylation is 1. The van der Waals surface area contributed by atoms with Gasteiger partial charge in [-0.25, -0.2) is 4.98 Å². The summed E-state index contributed by atoms with van der Waals surface area (Å²) in [5, 5.41) is 9.50. The third-order valence-electron chi connectivity index (χ3n) is 8.05. The Hall–Kier alpha value is -4.21. The molecule has 1 saturated carbocycles. The number of carbonyl (C=O) groups is 1. The molecule has 6 aromatic rings. The molecule has 0 saturated heterocycles. The zero-order valence-corrected chi connectivity index (χ0v) is 24.0. The monoisotopic (exact) mass is 561 g/mol. The molecule has 0 spiro atoms. The van der Waals surface area contributed by atoms with Crippen LogP contribution in [0.4, 0.5) is 0 Å².